The van der Waals surface area contributed by atoms with Crippen molar-refractivity contribution in [2.75, 3.05) is 6.61 Å². The van der Waals surface area contributed by atoms with Crippen molar-refractivity contribution in [2.24, 2.45) is 0 Å². The third-order valence-corrected chi connectivity index (χ3v) is 3.65. The summed E-state index contributed by atoms with van der Waals surface area (Å²) < 4.78 is 2.02. The van der Waals surface area contributed by atoms with Crippen molar-refractivity contribution in [2.45, 2.75) is 39.3 Å². The number of benzene rings is 1. The number of hydrogen-bond acceptors (Lipinski definition) is 2. The van der Waals surface area contributed by atoms with Crippen molar-refractivity contribution in [3.63, 3.8) is 0 Å². The van der Waals surface area contributed by atoms with E-state index in [2.05, 4.69) is 17.4 Å². The van der Waals surface area contributed by atoms with Gasteiger partial charge >= 0.3 is 0 Å². The van der Waals surface area contributed by atoms with Gasteiger partial charge in [0.05, 0.1) is 0 Å². The third kappa shape index (κ3) is 3.20. The zero-order valence-electron chi connectivity index (χ0n) is 12.1. The quantitative estimate of drug-likeness (QED) is 0.848. The summed E-state index contributed by atoms with van der Waals surface area (Å²) in [5.41, 5.74) is 2.16. The van der Waals surface area contributed by atoms with Gasteiger partial charge in [-0.15, -0.1) is 0 Å². The molecule has 2 rings (SSSR count). The molecule has 4 heteroatoms. The van der Waals surface area contributed by atoms with Gasteiger partial charge in [0.15, 0.2) is 0 Å². The predicted octanol–water partition coefficient (Wildman–Crippen LogP) is 2.23. The molecule has 0 spiro atoms. The molecule has 2 N–H and O–H groups in total. The molecular formula is C16H22N2O2. The number of aromatic nitrogens is 1. The van der Waals surface area contributed by atoms with Crippen LogP contribution in [0.5, 0.6) is 0 Å². The fourth-order valence-electron chi connectivity index (χ4n) is 2.51. The van der Waals surface area contributed by atoms with Crippen molar-refractivity contribution in [1.29, 1.82) is 0 Å². The number of aliphatic hydroxyl groups is 1. The Balaban J connectivity index is 2.11. The van der Waals surface area contributed by atoms with Gasteiger partial charge in [0.1, 0.15) is 6.54 Å². The van der Waals surface area contributed by atoms with Gasteiger partial charge in [0.2, 0.25) is 5.91 Å². The van der Waals surface area contributed by atoms with Gasteiger partial charge in [0.25, 0.3) is 0 Å². The molecule has 1 atom stereocenters. The van der Waals surface area contributed by atoms with Crippen molar-refractivity contribution in [3.05, 3.63) is 36.0 Å². The van der Waals surface area contributed by atoms with Crippen LogP contribution < -0.4 is 5.32 Å². The number of para-hydroxylation sites is 1. The summed E-state index contributed by atoms with van der Waals surface area (Å²) in [6, 6.07) is 10.2. The monoisotopic (exact) mass is 274 g/mol. The maximum Gasteiger partial charge on any atom is 0.240 e. The number of aryl methyl sites for hydroxylation is 1. The lowest BCUT2D eigenvalue weighted by molar-refractivity contribution is -0.122. The van der Waals surface area contributed by atoms with Gasteiger partial charge in [-0.2, -0.15) is 0 Å². The van der Waals surface area contributed by atoms with E-state index in [0.29, 0.717) is 13.0 Å². The number of aliphatic hydroxyl groups excluding tert-OH is 1. The van der Waals surface area contributed by atoms with E-state index in [9.17, 15) is 4.79 Å². The fourth-order valence-corrected chi connectivity index (χ4v) is 2.51. The average molecular weight is 274 g/mol. The summed E-state index contributed by atoms with van der Waals surface area (Å²) in [6.07, 6.45) is 1.44. The number of amides is 1. The average Bonchev–Trinajstić information content (AvgIpc) is 2.75. The number of hydrogen-bond donors (Lipinski definition) is 2. The minimum atomic E-state index is -0.00486. The first-order chi connectivity index (χ1) is 9.65. The Labute approximate surface area is 119 Å². The second-order valence-electron chi connectivity index (χ2n) is 5.12. The van der Waals surface area contributed by atoms with Crippen LogP contribution in [0, 0.1) is 6.92 Å². The molecule has 1 aromatic heterocycles. The summed E-state index contributed by atoms with van der Waals surface area (Å²) in [7, 11) is 0. The maximum absolute atomic E-state index is 12.1. The number of carbonyl (C=O) groups excluding carboxylic acids is 1. The highest BCUT2D eigenvalue weighted by Crippen LogP contribution is 2.18. The molecule has 2 aromatic rings. The van der Waals surface area contributed by atoms with Crippen LogP contribution in [-0.4, -0.2) is 28.2 Å². The zero-order valence-corrected chi connectivity index (χ0v) is 12.1. The lowest BCUT2D eigenvalue weighted by Gasteiger charge is -2.16. The minimum Gasteiger partial charge on any atom is -0.396 e. The predicted molar refractivity (Wildman–Crippen MR) is 80.6 cm³/mol. The molecule has 0 aliphatic heterocycles. The van der Waals surface area contributed by atoms with Crippen LogP contribution in [0.2, 0.25) is 0 Å². The van der Waals surface area contributed by atoms with Crippen molar-refractivity contribution < 1.29 is 9.90 Å². The summed E-state index contributed by atoms with van der Waals surface area (Å²) in [4.78, 5) is 12.1. The largest absolute Gasteiger partial charge is 0.396 e. The molecule has 20 heavy (non-hydrogen) atoms. The SMILES string of the molecule is CCC(CCO)NC(=O)Cn1c(C)cc2ccccc21. The first-order valence-corrected chi connectivity index (χ1v) is 7.10. The molecule has 0 radical (unpaired) electrons. The van der Waals surface area contributed by atoms with Crippen LogP contribution in [0.15, 0.2) is 30.3 Å². The molecule has 0 aliphatic carbocycles. The Morgan fingerprint density at radius 2 is 2.15 bits per heavy atom. The number of carbonyl (C=O) groups is 1. The number of nitrogens with one attached hydrogen (secondary N) is 1. The molecule has 1 heterocycles. The highest BCUT2D eigenvalue weighted by molar-refractivity contribution is 5.84. The number of fused-ring (bicyclic) bond motifs is 1. The van der Waals surface area contributed by atoms with Gasteiger partial charge in [-0.1, -0.05) is 25.1 Å². The minimum absolute atomic E-state index is 0.00486. The molecule has 4 nitrogen and oxygen atoms in total. The summed E-state index contributed by atoms with van der Waals surface area (Å²) >= 11 is 0. The van der Waals surface area contributed by atoms with Crippen LogP contribution in [0.4, 0.5) is 0 Å². The Morgan fingerprint density at radius 3 is 2.85 bits per heavy atom. The van der Waals surface area contributed by atoms with E-state index in [1.54, 1.807) is 0 Å². The van der Waals surface area contributed by atoms with Gasteiger partial charge in [-0.3, -0.25) is 4.79 Å². The smallest absolute Gasteiger partial charge is 0.240 e. The first-order valence-electron chi connectivity index (χ1n) is 7.10. The van der Waals surface area contributed by atoms with Gasteiger partial charge < -0.3 is 15.0 Å². The molecule has 108 valence electrons. The van der Waals surface area contributed by atoms with Crippen LogP contribution in [0.1, 0.15) is 25.5 Å². The Kier molecular flexibility index (Phi) is 4.79. The van der Waals surface area contributed by atoms with Crippen LogP contribution in [0.3, 0.4) is 0 Å². The molecule has 1 amide bonds. The van der Waals surface area contributed by atoms with E-state index >= 15 is 0 Å². The lowest BCUT2D eigenvalue weighted by Crippen LogP contribution is -2.37. The molecular weight excluding hydrogens is 252 g/mol. The summed E-state index contributed by atoms with van der Waals surface area (Å²) in [6.45, 7) is 4.45. The molecule has 1 unspecified atom stereocenters. The second-order valence-corrected chi connectivity index (χ2v) is 5.12. The molecule has 0 aliphatic rings. The second kappa shape index (κ2) is 6.57. The van der Waals surface area contributed by atoms with Crippen molar-refractivity contribution in [1.82, 2.24) is 9.88 Å². The third-order valence-electron chi connectivity index (χ3n) is 3.65. The fraction of sp³-hybridized carbons (Fsp3) is 0.438. The van der Waals surface area contributed by atoms with E-state index in [0.717, 1.165) is 23.0 Å². The Bertz CT molecular complexity index is 589. The molecule has 0 saturated carbocycles. The topological polar surface area (TPSA) is 54.3 Å². The molecule has 1 aromatic carbocycles. The molecule has 0 fully saturated rings. The van der Waals surface area contributed by atoms with Gasteiger partial charge in [0, 0.05) is 23.9 Å². The van der Waals surface area contributed by atoms with Crippen LogP contribution >= 0.6 is 0 Å². The van der Waals surface area contributed by atoms with E-state index in [1.807, 2.05) is 36.6 Å². The van der Waals surface area contributed by atoms with E-state index < -0.39 is 0 Å². The van der Waals surface area contributed by atoms with Crippen LogP contribution in [0.25, 0.3) is 10.9 Å². The summed E-state index contributed by atoms with van der Waals surface area (Å²) in [5.74, 6) is -0.00486. The highest BCUT2D eigenvalue weighted by Gasteiger charge is 2.12. The van der Waals surface area contributed by atoms with Gasteiger partial charge in [-0.25, -0.2) is 0 Å². The first kappa shape index (κ1) is 14.6. The number of nitrogens with zero attached hydrogens (tertiary/aromatic N) is 1. The van der Waals surface area contributed by atoms with Gasteiger partial charge in [-0.05, 0) is 37.3 Å². The lowest BCUT2D eigenvalue weighted by atomic mass is 10.1. The van der Waals surface area contributed by atoms with Crippen molar-refractivity contribution in [3.8, 4) is 0 Å². The molecule has 0 bridgehead atoms. The van der Waals surface area contributed by atoms with Crippen molar-refractivity contribution >= 4 is 16.8 Å². The molecule has 0 saturated heterocycles. The highest BCUT2D eigenvalue weighted by atomic mass is 16.3. The normalized spacial score (nSPS) is 12.6. The van der Waals surface area contributed by atoms with Crippen LogP contribution in [-0.2, 0) is 11.3 Å². The van der Waals surface area contributed by atoms with E-state index in [-0.39, 0.29) is 18.6 Å². The maximum atomic E-state index is 12.1. The Hall–Kier alpha value is -1.81. The summed E-state index contributed by atoms with van der Waals surface area (Å²) in [5, 5.41) is 13.1. The standard InChI is InChI=1S/C16H22N2O2/c1-3-14(8-9-19)17-16(20)11-18-12(2)10-13-6-4-5-7-15(13)18/h4-7,10,14,19H,3,8-9,11H2,1-2H3,(H,17,20). The number of rotatable bonds is 6. The zero-order chi connectivity index (χ0) is 14.5. The Morgan fingerprint density at radius 1 is 1.40 bits per heavy atom. The van der Waals surface area contributed by atoms with E-state index in [1.165, 1.54) is 0 Å². The van der Waals surface area contributed by atoms with E-state index in [4.69, 9.17) is 5.11 Å².